The maximum Gasteiger partial charge on any atom is 0.285 e. The van der Waals surface area contributed by atoms with E-state index in [-0.39, 0.29) is 42.6 Å². The Labute approximate surface area is 214 Å². The minimum atomic E-state index is -4.18. The number of phenolic OH excluding ortho intramolecular Hbond substituents is 2. The summed E-state index contributed by atoms with van der Waals surface area (Å²) >= 11 is 23.5. The first-order chi connectivity index (χ1) is 16.0. The Morgan fingerprint density at radius 3 is 1.85 bits per heavy atom. The van der Waals surface area contributed by atoms with Gasteiger partial charge >= 0.3 is 0 Å². The Morgan fingerprint density at radius 2 is 1.32 bits per heavy atom. The van der Waals surface area contributed by atoms with Crippen molar-refractivity contribution < 1.29 is 18.6 Å². The van der Waals surface area contributed by atoms with E-state index in [9.17, 15) is 18.6 Å². The van der Waals surface area contributed by atoms with Crippen molar-refractivity contribution in [3.05, 3.63) is 79.7 Å². The normalized spacial score (nSPS) is 12.6. The predicted molar refractivity (Wildman–Crippen MR) is 136 cm³/mol. The van der Waals surface area contributed by atoms with Crippen LogP contribution in [0.2, 0.25) is 20.1 Å². The Balaban J connectivity index is 1.79. The van der Waals surface area contributed by atoms with E-state index in [1.807, 2.05) is 0 Å². The molecule has 0 radical (unpaired) electrons. The number of phenols is 2. The average molecular weight is 560 g/mol. The highest BCUT2D eigenvalue weighted by molar-refractivity contribution is 7.90. The predicted octanol–water partition coefficient (Wildman–Crippen LogP) is 5.58. The van der Waals surface area contributed by atoms with Crippen LogP contribution in [0, 0.1) is 0 Å². The van der Waals surface area contributed by atoms with Gasteiger partial charge in [-0.3, -0.25) is 4.99 Å². The van der Waals surface area contributed by atoms with Crippen LogP contribution in [-0.4, -0.2) is 37.0 Å². The smallest absolute Gasteiger partial charge is 0.285 e. The van der Waals surface area contributed by atoms with E-state index in [0.29, 0.717) is 10.7 Å². The molecule has 0 unspecified atom stereocenters. The average Bonchev–Trinajstić information content (AvgIpc) is 2.76. The number of nitrogens with zero attached hydrogens (tertiary/aromatic N) is 3. The van der Waals surface area contributed by atoms with Crippen molar-refractivity contribution in [1.82, 2.24) is 0 Å². The highest BCUT2D eigenvalue weighted by Crippen LogP contribution is 2.31. The van der Waals surface area contributed by atoms with Crippen molar-refractivity contribution in [2.45, 2.75) is 4.90 Å². The van der Waals surface area contributed by atoms with E-state index >= 15 is 0 Å². The summed E-state index contributed by atoms with van der Waals surface area (Å²) in [5, 5.41) is 20.5. The molecule has 34 heavy (non-hydrogen) atoms. The van der Waals surface area contributed by atoms with Crippen molar-refractivity contribution in [2.75, 3.05) is 0 Å². The molecule has 8 nitrogen and oxygen atoms in total. The lowest BCUT2D eigenvalue weighted by molar-refractivity contribution is 0.474. The molecule has 0 aromatic heterocycles. The number of hydrogen-bond acceptors (Lipinski definition) is 5. The minimum Gasteiger partial charge on any atom is -0.506 e. The molecule has 0 heterocycles. The molecular weight excluding hydrogens is 546 g/mol. The molecule has 0 spiro atoms. The van der Waals surface area contributed by atoms with E-state index in [0.717, 1.165) is 6.21 Å². The first-order valence-electron chi connectivity index (χ1n) is 9.11. The number of nitrogens with two attached hydrogens (primary N) is 1. The van der Waals surface area contributed by atoms with Crippen LogP contribution in [0.25, 0.3) is 0 Å². The Hall–Kier alpha value is -2.82. The SMILES string of the molecule is NC(=NS(=O)(=O)c1ccc(N=Cc2cc(Cl)cc(Cl)c2O)cc1)/N=C/c1cc(Cl)cc(Cl)c1O. The topological polar surface area (TPSA) is 138 Å². The van der Waals surface area contributed by atoms with E-state index in [1.54, 1.807) is 0 Å². The summed E-state index contributed by atoms with van der Waals surface area (Å²) in [5.41, 5.74) is 6.41. The zero-order valence-corrected chi connectivity index (χ0v) is 20.7. The first kappa shape index (κ1) is 25.8. The zero-order chi connectivity index (χ0) is 25.0. The van der Waals surface area contributed by atoms with Gasteiger partial charge in [-0.05, 0) is 48.5 Å². The molecule has 0 saturated heterocycles. The monoisotopic (exact) mass is 558 g/mol. The van der Waals surface area contributed by atoms with Crippen LogP contribution < -0.4 is 5.73 Å². The number of aliphatic imine (C=N–C) groups is 2. The largest absolute Gasteiger partial charge is 0.506 e. The van der Waals surface area contributed by atoms with Gasteiger partial charge in [-0.15, -0.1) is 4.40 Å². The summed E-state index contributed by atoms with van der Waals surface area (Å²) in [6.07, 6.45) is 2.41. The molecule has 0 saturated carbocycles. The van der Waals surface area contributed by atoms with Gasteiger partial charge in [-0.25, -0.2) is 4.99 Å². The summed E-state index contributed by atoms with van der Waals surface area (Å²) in [6, 6.07) is 11.0. The van der Waals surface area contributed by atoms with Crippen LogP contribution in [-0.2, 0) is 10.0 Å². The number of aromatic hydroxyl groups is 2. The molecule has 0 aliphatic heterocycles. The molecule has 13 heteroatoms. The van der Waals surface area contributed by atoms with Crippen molar-refractivity contribution in [1.29, 1.82) is 0 Å². The van der Waals surface area contributed by atoms with Gasteiger partial charge < -0.3 is 15.9 Å². The van der Waals surface area contributed by atoms with Crippen LogP contribution in [0.5, 0.6) is 11.5 Å². The summed E-state index contributed by atoms with van der Waals surface area (Å²) in [5.74, 6) is -1.06. The second-order valence-electron chi connectivity index (χ2n) is 6.59. The molecule has 3 aromatic rings. The van der Waals surface area contributed by atoms with Crippen molar-refractivity contribution in [2.24, 2.45) is 20.1 Å². The molecule has 0 atom stereocenters. The number of hydrogen-bond donors (Lipinski definition) is 3. The second kappa shape index (κ2) is 10.6. The standard InChI is InChI=1S/C21H14Cl4N4O4S/c22-13-5-11(19(30)17(24)7-13)9-27-15-1-3-16(4-2-15)34(32,33)29-21(26)28-10-12-6-14(23)8-18(25)20(12)31/h1-10,30-31H,(H2,26,29)/b27-9?,28-10+. The maximum atomic E-state index is 12.5. The fourth-order valence-corrected chi connectivity index (χ4v) is 4.45. The number of sulfonamides is 1. The molecule has 0 bridgehead atoms. The van der Waals surface area contributed by atoms with Crippen molar-refractivity contribution >= 4 is 80.5 Å². The number of benzene rings is 3. The van der Waals surface area contributed by atoms with Crippen molar-refractivity contribution in [3.63, 3.8) is 0 Å². The van der Waals surface area contributed by atoms with Crippen LogP contribution in [0.15, 0.2) is 67.8 Å². The quantitative estimate of drug-likeness (QED) is 0.276. The lowest BCUT2D eigenvalue weighted by Gasteiger charge is -2.03. The van der Waals surface area contributed by atoms with Crippen LogP contribution >= 0.6 is 46.4 Å². The maximum absolute atomic E-state index is 12.5. The van der Waals surface area contributed by atoms with Crippen molar-refractivity contribution in [3.8, 4) is 11.5 Å². The lowest BCUT2D eigenvalue weighted by atomic mass is 10.2. The summed E-state index contributed by atoms with van der Waals surface area (Å²) < 4.78 is 28.5. The summed E-state index contributed by atoms with van der Waals surface area (Å²) in [7, 11) is -4.18. The minimum absolute atomic E-state index is 0.00602. The van der Waals surface area contributed by atoms with Gasteiger partial charge in [0.25, 0.3) is 10.0 Å². The van der Waals surface area contributed by atoms with Gasteiger partial charge in [0.2, 0.25) is 5.96 Å². The van der Waals surface area contributed by atoms with E-state index < -0.39 is 16.0 Å². The third-order valence-electron chi connectivity index (χ3n) is 4.15. The number of halogens is 4. The molecule has 176 valence electrons. The van der Waals surface area contributed by atoms with E-state index in [1.165, 1.54) is 54.7 Å². The van der Waals surface area contributed by atoms with E-state index in [4.69, 9.17) is 52.1 Å². The summed E-state index contributed by atoms with van der Waals surface area (Å²) in [4.78, 5) is 7.73. The number of rotatable bonds is 5. The molecule has 4 N–H and O–H groups in total. The Morgan fingerprint density at radius 1 is 0.824 bits per heavy atom. The highest BCUT2D eigenvalue weighted by atomic mass is 35.5. The molecule has 0 fully saturated rings. The van der Waals surface area contributed by atoms with Crippen LogP contribution in [0.4, 0.5) is 5.69 Å². The fourth-order valence-electron chi connectivity index (χ4n) is 2.55. The van der Waals surface area contributed by atoms with Gasteiger partial charge in [0.15, 0.2) is 0 Å². The third kappa shape index (κ3) is 6.40. The lowest BCUT2D eigenvalue weighted by Crippen LogP contribution is -2.12. The van der Waals surface area contributed by atoms with Crippen LogP contribution in [0.3, 0.4) is 0 Å². The number of guanidine groups is 1. The zero-order valence-electron chi connectivity index (χ0n) is 16.8. The molecular formula is C21H14Cl4N4O4S. The molecule has 3 rings (SSSR count). The Kier molecular flexibility index (Phi) is 8.06. The second-order valence-corrected chi connectivity index (χ2v) is 9.88. The van der Waals surface area contributed by atoms with Gasteiger partial charge in [-0.2, -0.15) is 8.42 Å². The van der Waals surface area contributed by atoms with Gasteiger partial charge in [0.1, 0.15) is 11.5 Å². The highest BCUT2D eigenvalue weighted by Gasteiger charge is 2.14. The molecule has 0 amide bonds. The van der Waals surface area contributed by atoms with Gasteiger partial charge in [0, 0.05) is 33.6 Å². The van der Waals surface area contributed by atoms with E-state index in [2.05, 4.69) is 14.4 Å². The fraction of sp³-hybridized carbons (Fsp3) is 0. The Bertz CT molecular complexity index is 1440. The summed E-state index contributed by atoms with van der Waals surface area (Å²) in [6.45, 7) is 0. The van der Waals surface area contributed by atoms with Crippen LogP contribution in [0.1, 0.15) is 11.1 Å². The first-order valence-corrected chi connectivity index (χ1v) is 12.1. The van der Waals surface area contributed by atoms with Gasteiger partial charge in [0.05, 0.1) is 20.6 Å². The molecule has 0 aliphatic rings. The third-order valence-corrected chi connectivity index (χ3v) is 6.46. The molecule has 0 aliphatic carbocycles. The molecule has 3 aromatic carbocycles. The van der Waals surface area contributed by atoms with Gasteiger partial charge in [-0.1, -0.05) is 46.4 Å².